The van der Waals surface area contributed by atoms with Crippen molar-refractivity contribution in [2.24, 2.45) is 5.16 Å². The molecule has 0 bridgehead atoms. The lowest BCUT2D eigenvalue weighted by molar-refractivity contribution is -0.125. The van der Waals surface area contributed by atoms with Crippen LogP contribution in [0.15, 0.2) is 5.16 Å². The van der Waals surface area contributed by atoms with Crippen LogP contribution in [0.25, 0.3) is 0 Å². The van der Waals surface area contributed by atoms with E-state index in [0.717, 1.165) is 0 Å². The number of oxime groups is 1. The second-order valence-electron chi connectivity index (χ2n) is 2.53. The molecule has 1 saturated heterocycles. The lowest BCUT2D eigenvalue weighted by Crippen LogP contribution is -2.35. The van der Waals surface area contributed by atoms with Gasteiger partial charge in [-0.15, -0.1) is 0 Å². The van der Waals surface area contributed by atoms with Crippen molar-refractivity contribution >= 4 is 22.8 Å². The number of hydrogen-bond acceptors (Lipinski definition) is 4. The summed E-state index contributed by atoms with van der Waals surface area (Å²) in [6, 6.07) is 0.0726. The molecule has 11 heavy (non-hydrogen) atoms. The van der Waals surface area contributed by atoms with Gasteiger partial charge in [0.15, 0.2) is 0 Å². The predicted molar refractivity (Wildman–Crippen MR) is 43.7 cm³/mol. The fourth-order valence-electron chi connectivity index (χ4n) is 0.958. The molecule has 0 aromatic carbocycles. The highest BCUT2D eigenvalue weighted by Gasteiger charge is 2.30. The molecule has 4 nitrogen and oxygen atoms in total. The first-order valence-corrected chi connectivity index (χ1v) is 4.32. The van der Waals surface area contributed by atoms with Crippen LogP contribution in [-0.2, 0) is 4.79 Å². The van der Waals surface area contributed by atoms with E-state index in [9.17, 15) is 4.79 Å². The molecule has 5 heteroatoms. The highest BCUT2D eigenvalue weighted by Crippen LogP contribution is 2.20. The summed E-state index contributed by atoms with van der Waals surface area (Å²) < 4.78 is 0. The fraction of sp³-hybridized carbons (Fsp3) is 0.667. The van der Waals surface area contributed by atoms with E-state index in [1.54, 1.807) is 0 Å². The standard InChI is InChI=1S/C6H10N2O2S/c1-4(2)8-5(9)3-11-6(8)7-10/h4,10H,3H2,1-2H3/b7-6+. The van der Waals surface area contributed by atoms with Gasteiger partial charge in [0.2, 0.25) is 11.1 Å². The Morgan fingerprint density at radius 3 is 2.73 bits per heavy atom. The van der Waals surface area contributed by atoms with Gasteiger partial charge in [0.25, 0.3) is 0 Å². The Labute approximate surface area is 69.2 Å². The lowest BCUT2D eigenvalue weighted by atomic mass is 10.3. The maximum Gasteiger partial charge on any atom is 0.239 e. The maximum atomic E-state index is 11.1. The molecule has 62 valence electrons. The minimum Gasteiger partial charge on any atom is -0.409 e. The Hall–Kier alpha value is -0.710. The molecule has 0 atom stereocenters. The summed E-state index contributed by atoms with van der Waals surface area (Å²) in [5.74, 6) is 0.398. The summed E-state index contributed by atoms with van der Waals surface area (Å²) >= 11 is 1.26. The molecule has 1 heterocycles. The van der Waals surface area contributed by atoms with Crippen LogP contribution in [0.5, 0.6) is 0 Å². The molecule has 0 aromatic rings. The van der Waals surface area contributed by atoms with E-state index in [0.29, 0.717) is 10.9 Å². The fourth-order valence-corrected chi connectivity index (χ4v) is 1.86. The van der Waals surface area contributed by atoms with E-state index < -0.39 is 0 Å². The van der Waals surface area contributed by atoms with Crippen molar-refractivity contribution in [1.82, 2.24) is 4.90 Å². The van der Waals surface area contributed by atoms with Gasteiger partial charge in [-0.3, -0.25) is 9.69 Å². The summed E-state index contributed by atoms with van der Waals surface area (Å²) in [6.07, 6.45) is 0. The molecular formula is C6H10N2O2S. The van der Waals surface area contributed by atoms with E-state index >= 15 is 0 Å². The van der Waals surface area contributed by atoms with E-state index in [1.165, 1.54) is 16.7 Å². The quantitative estimate of drug-likeness (QED) is 0.470. The Bertz CT molecular complexity index is 203. The number of hydrogen-bond donors (Lipinski definition) is 1. The van der Waals surface area contributed by atoms with Gasteiger partial charge in [0, 0.05) is 6.04 Å². The monoisotopic (exact) mass is 174 g/mol. The Morgan fingerprint density at radius 2 is 2.36 bits per heavy atom. The molecule has 1 aliphatic rings. The van der Waals surface area contributed by atoms with Crippen LogP contribution in [-0.4, -0.2) is 33.0 Å². The molecule has 1 aliphatic heterocycles. The van der Waals surface area contributed by atoms with Crippen LogP contribution in [0.4, 0.5) is 0 Å². The average Bonchev–Trinajstić information content (AvgIpc) is 2.30. The van der Waals surface area contributed by atoms with Gasteiger partial charge >= 0.3 is 0 Å². The van der Waals surface area contributed by atoms with Gasteiger partial charge < -0.3 is 5.21 Å². The summed E-state index contributed by atoms with van der Waals surface area (Å²) in [5.41, 5.74) is 0. The van der Waals surface area contributed by atoms with E-state index in [1.807, 2.05) is 13.8 Å². The predicted octanol–water partition coefficient (Wildman–Crippen LogP) is 0.715. The van der Waals surface area contributed by atoms with Gasteiger partial charge in [-0.1, -0.05) is 16.9 Å². The number of nitrogens with zero attached hydrogens (tertiary/aromatic N) is 2. The first-order valence-electron chi connectivity index (χ1n) is 3.33. The smallest absolute Gasteiger partial charge is 0.239 e. The Balaban J connectivity index is 2.80. The maximum absolute atomic E-state index is 11.1. The largest absolute Gasteiger partial charge is 0.409 e. The number of carbonyl (C=O) groups is 1. The van der Waals surface area contributed by atoms with Crippen LogP contribution in [0.3, 0.4) is 0 Å². The van der Waals surface area contributed by atoms with Crippen LogP contribution in [0, 0.1) is 0 Å². The molecule has 0 aromatic heterocycles. The number of rotatable bonds is 1. The van der Waals surface area contributed by atoms with Gasteiger partial charge in [-0.05, 0) is 13.8 Å². The molecule has 0 aliphatic carbocycles. The van der Waals surface area contributed by atoms with Crippen LogP contribution >= 0.6 is 11.8 Å². The first kappa shape index (κ1) is 8.39. The molecule has 0 saturated carbocycles. The van der Waals surface area contributed by atoms with Crippen molar-refractivity contribution in [1.29, 1.82) is 0 Å². The Morgan fingerprint density at radius 1 is 1.73 bits per heavy atom. The number of carbonyl (C=O) groups excluding carboxylic acids is 1. The third kappa shape index (κ3) is 1.48. The second kappa shape index (κ2) is 3.13. The summed E-state index contributed by atoms with van der Waals surface area (Å²) in [6.45, 7) is 3.77. The molecule has 1 rings (SSSR count). The molecular weight excluding hydrogens is 164 g/mol. The molecule has 0 unspecified atom stereocenters. The van der Waals surface area contributed by atoms with Gasteiger partial charge in [0.05, 0.1) is 5.75 Å². The number of amides is 1. The third-order valence-corrected chi connectivity index (χ3v) is 2.33. The molecule has 0 spiro atoms. The van der Waals surface area contributed by atoms with Gasteiger partial charge in [-0.25, -0.2) is 0 Å². The number of thioether (sulfide) groups is 1. The van der Waals surface area contributed by atoms with E-state index in [-0.39, 0.29) is 11.9 Å². The zero-order chi connectivity index (χ0) is 8.43. The van der Waals surface area contributed by atoms with Crippen molar-refractivity contribution in [3.05, 3.63) is 0 Å². The molecule has 0 radical (unpaired) electrons. The molecule has 1 N–H and O–H groups in total. The van der Waals surface area contributed by atoms with E-state index in [4.69, 9.17) is 5.21 Å². The average molecular weight is 174 g/mol. The molecule has 1 amide bonds. The lowest BCUT2D eigenvalue weighted by Gasteiger charge is -2.18. The summed E-state index contributed by atoms with van der Waals surface area (Å²) in [5, 5.41) is 11.9. The third-order valence-electron chi connectivity index (χ3n) is 1.40. The minimum absolute atomic E-state index is 0.0119. The van der Waals surface area contributed by atoms with Crippen LogP contribution in [0.1, 0.15) is 13.8 Å². The van der Waals surface area contributed by atoms with Crippen LogP contribution in [0.2, 0.25) is 0 Å². The van der Waals surface area contributed by atoms with Gasteiger partial charge in [0.1, 0.15) is 0 Å². The Kier molecular flexibility index (Phi) is 2.38. The van der Waals surface area contributed by atoms with E-state index in [2.05, 4.69) is 5.16 Å². The van der Waals surface area contributed by atoms with Crippen molar-refractivity contribution in [3.63, 3.8) is 0 Å². The highest BCUT2D eigenvalue weighted by molar-refractivity contribution is 8.15. The zero-order valence-electron chi connectivity index (χ0n) is 6.44. The number of amidine groups is 1. The van der Waals surface area contributed by atoms with Crippen molar-refractivity contribution in [2.45, 2.75) is 19.9 Å². The highest BCUT2D eigenvalue weighted by atomic mass is 32.2. The SMILES string of the molecule is CC(C)N1C(=O)CS/C1=N/O. The van der Waals surface area contributed by atoms with Gasteiger partial charge in [-0.2, -0.15) is 0 Å². The van der Waals surface area contributed by atoms with Crippen LogP contribution < -0.4 is 0 Å². The first-order chi connectivity index (χ1) is 5.16. The van der Waals surface area contributed by atoms with Crippen molar-refractivity contribution in [3.8, 4) is 0 Å². The van der Waals surface area contributed by atoms with Crippen molar-refractivity contribution in [2.75, 3.05) is 5.75 Å². The normalized spacial score (nSPS) is 22.3. The second-order valence-corrected chi connectivity index (χ2v) is 3.47. The molecule has 1 fully saturated rings. The zero-order valence-corrected chi connectivity index (χ0v) is 7.26. The topological polar surface area (TPSA) is 52.9 Å². The minimum atomic E-state index is 0.0119. The van der Waals surface area contributed by atoms with Crippen molar-refractivity contribution < 1.29 is 10.0 Å². The summed E-state index contributed by atoms with van der Waals surface area (Å²) in [4.78, 5) is 12.6. The summed E-state index contributed by atoms with van der Waals surface area (Å²) in [7, 11) is 0.